The van der Waals surface area contributed by atoms with E-state index in [4.69, 9.17) is 10.3 Å². The molecule has 130 valence electrons. The first-order chi connectivity index (χ1) is 11.7. The molecule has 3 N–H and O–H groups in total. The molecular formula is C15H23N7OS. The van der Waals surface area contributed by atoms with Crippen LogP contribution in [0.5, 0.6) is 0 Å². The second-order valence-electron chi connectivity index (χ2n) is 6.64. The fraction of sp³-hybridized carbons (Fsp3) is 0.733. The molecule has 2 aromatic heterocycles. The van der Waals surface area contributed by atoms with Crippen LogP contribution in [0.25, 0.3) is 0 Å². The van der Waals surface area contributed by atoms with Gasteiger partial charge in [-0.1, -0.05) is 5.16 Å². The van der Waals surface area contributed by atoms with Gasteiger partial charge in [-0.05, 0) is 31.9 Å². The Kier molecular flexibility index (Phi) is 4.55. The molecule has 9 heteroatoms. The van der Waals surface area contributed by atoms with Crippen molar-refractivity contribution in [1.82, 2.24) is 30.2 Å². The zero-order valence-electron chi connectivity index (χ0n) is 13.8. The molecule has 4 rings (SSSR count). The van der Waals surface area contributed by atoms with Gasteiger partial charge in [-0.15, -0.1) is 10.2 Å². The summed E-state index contributed by atoms with van der Waals surface area (Å²) in [5, 5.41) is 16.2. The number of nitrogens with two attached hydrogens (primary N) is 1. The van der Waals surface area contributed by atoms with Crippen molar-refractivity contribution in [2.24, 2.45) is 5.73 Å². The van der Waals surface area contributed by atoms with Crippen LogP contribution < -0.4 is 11.1 Å². The molecule has 2 saturated carbocycles. The van der Waals surface area contributed by atoms with E-state index in [0.717, 1.165) is 36.1 Å². The molecule has 24 heavy (non-hydrogen) atoms. The van der Waals surface area contributed by atoms with Gasteiger partial charge >= 0.3 is 0 Å². The summed E-state index contributed by atoms with van der Waals surface area (Å²) in [6, 6.07) is 0.897. The number of hydrogen-bond donors (Lipinski definition) is 2. The van der Waals surface area contributed by atoms with Crippen LogP contribution in [-0.4, -0.2) is 37.2 Å². The van der Waals surface area contributed by atoms with Crippen molar-refractivity contribution in [3.05, 3.63) is 23.4 Å². The lowest BCUT2D eigenvalue weighted by Gasteiger charge is -2.31. The third-order valence-corrected chi connectivity index (χ3v) is 5.13. The number of hydrogen-bond acceptors (Lipinski definition) is 8. The maximum atomic E-state index is 5.93. The SMILES string of the molecule is CSCc1noc(CNCc2nnc(C3CC(N)C3)n2C2CC2)n1. The summed E-state index contributed by atoms with van der Waals surface area (Å²) >= 11 is 1.68. The molecule has 0 spiro atoms. The van der Waals surface area contributed by atoms with Crippen molar-refractivity contribution in [2.45, 2.75) is 62.5 Å². The summed E-state index contributed by atoms with van der Waals surface area (Å²) in [6.07, 6.45) is 6.51. The minimum atomic E-state index is 0.328. The fourth-order valence-corrected chi connectivity index (χ4v) is 3.55. The van der Waals surface area contributed by atoms with Gasteiger partial charge in [-0.2, -0.15) is 16.7 Å². The van der Waals surface area contributed by atoms with Gasteiger partial charge in [0.2, 0.25) is 5.89 Å². The Labute approximate surface area is 145 Å². The van der Waals surface area contributed by atoms with Crippen molar-refractivity contribution in [1.29, 1.82) is 0 Å². The summed E-state index contributed by atoms with van der Waals surface area (Å²) in [6.45, 7) is 1.20. The van der Waals surface area contributed by atoms with Gasteiger partial charge in [0, 0.05) is 18.0 Å². The Morgan fingerprint density at radius 1 is 1.29 bits per heavy atom. The van der Waals surface area contributed by atoms with E-state index in [-0.39, 0.29) is 0 Å². The maximum Gasteiger partial charge on any atom is 0.240 e. The molecule has 0 aliphatic heterocycles. The minimum Gasteiger partial charge on any atom is -0.338 e. The van der Waals surface area contributed by atoms with Crippen LogP contribution in [0.4, 0.5) is 0 Å². The second kappa shape index (κ2) is 6.81. The molecule has 0 aromatic carbocycles. The Hall–Kier alpha value is -1.45. The molecule has 0 bridgehead atoms. The van der Waals surface area contributed by atoms with Gasteiger partial charge in [0.1, 0.15) is 11.6 Å². The average molecular weight is 349 g/mol. The lowest BCUT2D eigenvalue weighted by atomic mass is 9.80. The highest BCUT2D eigenvalue weighted by molar-refractivity contribution is 7.97. The molecule has 2 heterocycles. The average Bonchev–Trinajstić information content (AvgIpc) is 3.14. The second-order valence-corrected chi connectivity index (χ2v) is 7.51. The molecule has 8 nitrogen and oxygen atoms in total. The van der Waals surface area contributed by atoms with Crippen LogP contribution >= 0.6 is 11.8 Å². The lowest BCUT2D eigenvalue weighted by Crippen LogP contribution is -2.36. The molecule has 2 aromatic rings. The van der Waals surface area contributed by atoms with Crippen LogP contribution in [-0.2, 0) is 18.8 Å². The molecule has 0 amide bonds. The van der Waals surface area contributed by atoms with Crippen molar-refractivity contribution < 1.29 is 4.52 Å². The molecule has 0 unspecified atom stereocenters. The van der Waals surface area contributed by atoms with Gasteiger partial charge in [0.05, 0.1) is 18.8 Å². The van der Waals surface area contributed by atoms with E-state index in [1.165, 1.54) is 12.8 Å². The van der Waals surface area contributed by atoms with E-state index in [2.05, 4.69) is 30.2 Å². The van der Waals surface area contributed by atoms with E-state index in [9.17, 15) is 0 Å². The van der Waals surface area contributed by atoms with Crippen molar-refractivity contribution >= 4 is 11.8 Å². The molecular weight excluding hydrogens is 326 g/mol. The van der Waals surface area contributed by atoms with E-state index in [1.807, 2.05) is 6.26 Å². The smallest absolute Gasteiger partial charge is 0.240 e. The van der Waals surface area contributed by atoms with Crippen LogP contribution in [0.2, 0.25) is 0 Å². The molecule has 0 atom stereocenters. The fourth-order valence-electron chi connectivity index (χ4n) is 3.17. The Bertz CT molecular complexity index is 690. The summed E-state index contributed by atoms with van der Waals surface area (Å²) in [5.74, 6) is 4.72. The molecule has 0 radical (unpaired) electrons. The topological polar surface area (TPSA) is 108 Å². The van der Waals surface area contributed by atoms with Crippen molar-refractivity contribution in [3.63, 3.8) is 0 Å². The van der Waals surface area contributed by atoms with Gasteiger partial charge in [-0.3, -0.25) is 0 Å². The minimum absolute atomic E-state index is 0.328. The summed E-state index contributed by atoms with van der Waals surface area (Å²) in [4.78, 5) is 4.35. The molecule has 2 aliphatic rings. The monoisotopic (exact) mass is 349 g/mol. The van der Waals surface area contributed by atoms with Crippen molar-refractivity contribution in [3.8, 4) is 0 Å². The van der Waals surface area contributed by atoms with E-state index >= 15 is 0 Å². The number of nitrogens with zero attached hydrogens (tertiary/aromatic N) is 5. The normalized spacial score (nSPS) is 23.4. The van der Waals surface area contributed by atoms with Gasteiger partial charge < -0.3 is 20.1 Å². The predicted molar refractivity (Wildman–Crippen MR) is 90.3 cm³/mol. The van der Waals surface area contributed by atoms with Gasteiger partial charge in [-0.25, -0.2) is 0 Å². The summed E-state index contributed by atoms with van der Waals surface area (Å²) < 4.78 is 7.56. The Morgan fingerprint density at radius 3 is 2.83 bits per heavy atom. The molecule has 0 saturated heterocycles. The quantitative estimate of drug-likeness (QED) is 0.735. The van der Waals surface area contributed by atoms with Gasteiger partial charge in [0.15, 0.2) is 5.82 Å². The highest BCUT2D eigenvalue weighted by atomic mass is 32.2. The summed E-state index contributed by atoms with van der Waals surface area (Å²) in [7, 11) is 0. The first-order valence-electron chi connectivity index (χ1n) is 8.45. The highest BCUT2D eigenvalue weighted by Crippen LogP contribution is 2.42. The third-order valence-electron chi connectivity index (χ3n) is 4.59. The van der Waals surface area contributed by atoms with Crippen LogP contribution in [0.3, 0.4) is 0 Å². The number of aromatic nitrogens is 5. The number of rotatable bonds is 8. The summed E-state index contributed by atoms with van der Waals surface area (Å²) in [5.41, 5.74) is 5.93. The maximum absolute atomic E-state index is 5.93. The lowest BCUT2D eigenvalue weighted by molar-refractivity contribution is 0.327. The van der Waals surface area contributed by atoms with Crippen LogP contribution in [0.15, 0.2) is 4.52 Å². The zero-order chi connectivity index (χ0) is 16.5. The molecule has 2 fully saturated rings. The highest BCUT2D eigenvalue weighted by Gasteiger charge is 2.36. The third kappa shape index (κ3) is 3.33. The Balaban J connectivity index is 1.37. The van der Waals surface area contributed by atoms with Crippen molar-refractivity contribution in [2.75, 3.05) is 6.26 Å². The van der Waals surface area contributed by atoms with Crippen LogP contribution in [0, 0.1) is 0 Å². The Morgan fingerprint density at radius 2 is 2.12 bits per heavy atom. The number of thioether (sulfide) groups is 1. The van der Waals surface area contributed by atoms with Gasteiger partial charge in [0.25, 0.3) is 0 Å². The predicted octanol–water partition coefficient (Wildman–Crippen LogP) is 1.35. The van der Waals surface area contributed by atoms with Crippen LogP contribution in [0.1, 0.15) is 61.0 Å². The van der Waals surface area contributed by atoms with E-state index in [1.54, 1.807) is 11.8 Å². The standard InChI is InChI=1S/C15H23N7OS/c1-24-8-12-18-14(23-21-12)7-17-6-13-19-20-15(9-4-10(16)5-9)22(13)11-2-3-11/h9-11,17H,2-8,16H2,1H3. The van der Waals surface area contributed by atoms with E-state index in [0.29, 0.717) is 37.0 Å². The largest absolute Gasteiger partial charge is 0.338 e. The first-order valence-corrected chi connectivity index (χ1v) is 9.84. The zero-order valence-corrected chi connectivity index (χ0v) is 14.6. The number of nitrogens with one attached hydrogen (secondary N) is 1. The van der Waals surface area contributed by atoms with E-state index < -0.39 is 0 Å². The first kappa shape index (κ1) is 16.0. The molecule has 2 aliphatic carbocycles.